The van der Waals surface area contributed by atoms with Crippen LogP contribution in [0.2, 0.25) is 0 Å². The van der Waals surface area contributed by atoms with E-state index in [0.717, 1.165) is 44.6 Å². The zero-order valence-electron chi connectivity index (χ0n) is 20.6. The second-order valence-corrected chi connectivity index (χ2v) is 12.2. The van der Waals surface area contributed by atoms with Gasteiger partial charge < -0.3 is 24.2 Å². The lowest BCUT2D eigenvalue weighted by Crippen LogP contribution is -2.62. The Kier molecular flexibility index (Phi) is 6.93. The zero-order chi connectivity index (χ0) is 23.3. The molecule has 2 heterocycles. The first kappa shape index (κ1) is 24.1. The van der Waals surface area contributed by atoms with E-state index in [0.29, 0.717) is 23.6 Å². The average molecular weight is 570 g/mol. The number of benzene rings is 1. The van der Waals surface area contributed by atoms with E-state index in [4.69, 9.17) is 14.2 Å². The van der Waals surface area contributed by atoms with Crippen molar-refractivity contribution in [3.63, 3.8) is 0 Å². The monoisotopic (exact) mass is 569 g/mol. The molecule has 6 unspecified atom stereocenters. The van der Waals surface area contributed by atoms with Crippen molar-refractivity contribution in [2.24, 2.45) is 17.8 Å². The van der Waals surface area contributed by atoms with Crippen molar-refractivity contribution in [1.29, 1.82) is 0 Å². The number of hydrogen-bond donors (Lipinski definition) is 1. The molecule has 0 radical (unpaired) electrons. The molecule has 0 spiro atoms. The third-order valence-corrected chi connectivity index (χ3v) is 10.2. The van der Waals surface area contributed by atoms with Crippen LogP contribution in [0.5, 0.6) is 11.5 Å². The Morgan fingerprint density at radius 2 is 2.06 bits per heavy atom. The Morgan fingerprint density at radius 3 is 2.76 bits per heavy atom. The van der Waals surface area contributed by atoms with Gasteiger partial charge in [-0.3, -0.25) is 0 Å². The van der Waals surface area contributed by atoms with Crippen LogP contribution in [0, 0.1) is 24.7 Å². The van der Waals surface area contributed by atoms with Gasteiger partial charge in [-0.15, -0.1) is 0 Å². The maximum atomic E-state index is 10.8. The van der Waals surface area contributed by atoms with Gasteiger partial charge >= 0.3 is 0 Å². The number of hydrogen-bond acceptors (Lipinski definition) is 5. The molecule has 5 rings (SSSR count). The van der Waals surface area contributed by atoms with Crippen LogP contribution < -0.4 is 4.74 Å². The predicted octanol–water partition coefficient (Wildman–Crippen LogP) is 5.78. The van der Waals surface area contributed by atoms with Gasteiger partial charge in [0.2, 0.25) is 0 Å². The Labute approximate surface area is 212 Å². The number of methoxy groups -OCH3 is 1. The number of piperidine rings is 1. The maximum Gasteiger partial charge on any atom is 0.164 e. The number of phenolic OH excluding ortho intramolecular Hbond substituents is 1. The standard InChI is InChI=1S/C27H40INO4/c1-5-6-23-32-22-14-27(24-16(2)7-10-21(30)25(24)31-4)11-12-29(15-18-8-9-18)17(3)20(27)13-19(22)26(28)33-23/h7,10,17-20,22-23,26,30H,5-6,8-9,11-15H2,1-4H3/t17?,19-,20?,22?,23?,26?,27?/m0/s1. The molecule has 0 amide bonds. The molecule has 7 atom stereocenters. The van der Waals surface area contributed by atoms with Crippen LogP contribution in [0.15, 0.2) is 12.1 Å². The van der Waals surface area contributed by atoms with Crippen molar-refractivity contribution in [3.05, 3.63) is 23.3 Å². The molecule has 5 nitrogen and oxygen atoms in total. The van der Waals surface area contributed by atoms with Crippen LogP contribution in [-0.2, 0) is 14.9 Å². The van der Waals surface area contributed by atoms with Crippen LogP contribution in [0.25, 0.3) is 0 Å². The van der Waals surface area contributed by atoms with Crippen molar-refractivity contribution in [2.75, 3.05) is 20.2 Å². The summed E-state index contributed by atoms with van der Waals surface area (Å²) in [7, 11) is 1.70. The molecule has 2 aliphatic carbocycles. The smallest absolute Gasteiger partial charge is 0.164 e. The van der Waals surface area contributed by atoms with Crippen LogP contribution >= 0.6 is 22.6 Å². The van der Waals surface area contributed by atoms with Crippen LogP contribution in [0.1, 0.15) is 69.9 Å². The molecule has 0 aromatic heterocycles. The highest BCUT2D eigenvalue weighted by Gasteiger charge is 2.58. The summed E-state index contributed by atoms with van der Waals surface area (Å²) >= 11 is 2.52. The van der Waals surface area contributed by atoms with Gasteiger partial charge in [-0.1, -0.05) is 42.0 Å². The highest BCUT2D eigenvalue weighted by Crippen LogP contribution is 2.59. The van der Waals surface area contributed by atoms with Gasteiger partial charge in [0.25, 0.3) is 0 Å². The van der Waals surface area contributed by atoms with Crippen LogP contribution in [0.4, 0.5) is 0 Å². The van der Waals surface area contributed by atoms with Gasteiger partial charge in [0.05, 0.1) is 13.2 Å². The summed E-state index contributed by atoms with van der Waals surface area (Å²) in [5, 5.41) is 10.8. The molecular formula is C27H40INO4. The van der Waals surface area contributed by atoms with Crippen molar-refractivity contribution in [2.45, 2.75) is 93.7 Å². The van der Waals surface area contributed by atoms with Gasteiger partial charge in [0.15, 0.2) is 17.8 Å². The average Bonchev–Trinajstić information content (AvgIpc) is 3.61. The Balaban J connectivity index is 1.56. The first-order valence-electron chi connectivity index (χ1n) is 12.9. The topological polar surface area (TPSA) is 51.2 Å². The number of fused-ring (bicyclic) bond motifs is 2. The van der Waals surface area contributed by atoms with E-state index in [9.17, 15) is 5.11 Å². The highest BCUT2D eigenvalue weighted by molar-refractivity contribution is 14.1. The number of phenols is 1. The Morgan fingerprint density at radius 1 is 1.27 bits per heavy atom. The predicted molar refractivity (Wildman–Crippen MR) is 138 cm³/mol. The number of halogens is 1. The third kappa shape index (κ3) is 4.31. The van der Waals surface area contributed by atoms with Crippen molar-refractivity contribution in [1.82, 2.24) is 4.90 Å². The molecule has 4 aliphatic rings. The van der Waals surface area contributed by atoms with Crippen molar-refractivity contribution < 1.29 is 19.3 Å². The van der Waals surface area contributed by atoms with Crippen LogP contribution in [-0.4, -0.2) is 52.8 Å². The summed E-state index contributed by atoms with van der Waals surface area (Å²) in [5.41, 5.74) is 2.39. The lowest BCUT2D eigenvalue weighted by atomic mass is 9.53. The van der Waals surface area contributed by atoms with Gasteiger partial charge in [-0.2, -0.15) is 0 Å². The molecular weight excluding hydrogens is 529 g/mol. The fraction of sp³-hybridized carbons (Fsp3) is 0.778. The number of rotatable bonds is 6. The van der Waals surface area contributed by atoms with Crippen LogP contribution in [0.3, 0.4) is 0 Å². The van der Waals surface area contributed by atoms with Gasteiger partial charge in [0, 0.05) is 29.5 Å². The van der Waals surface area contributed by atoms with E-state index in [1.165, 1.54) is 30.5 Å². The van der Waals surface area contributed by atoms with E-state index in [1.807, 2.05) is 0 Å². The minimum absolute atomic E-state index is 0.0563. The summed E-state index contributed by atoms with van der Waals surface area (Å²) in [4.78, 5) is 2.75. The number of alkyl halides is 1. The largest absolute Gasteiger partial charge is 0.504 e. The van der Waals surface area contributed by atoms with Gasteiger partial charge in [0.1, 0.15) is 4.11 Å². The molecule has 2 saturated carbocycles. The molecule has 2 saturated heterocycles. The summed E-state index contributed by atoms with van der Waals surface area (Å²) in [6.07, 6.45) is 8.02. The van der Waals surface area contributed by atoms with E-state index in [1.54, 1.807) is 13.2 Å². The van der Waals surface area contributed by atoms with E-state index < -0.39 is 0 Å². The summed E-state index contributed by atoms with van der Waals surface area (Å²) in [6, 6.07) is 4.34. The fourth-order valence-electron chi connectivity index (χ4n) is 7.15. The first-order chi connectivity index (χ1) is 15.9. The van der Waals surface area contributed by atoms with Gasteiger partial charge in [-0.25, -0.2) is 0 Å². The molecule has 33 heavy (non-hydrogen) atoms. The lowest BCUT2D eigenvalue weighted by molar-refractivity contribution is -0.266. The SMILES string of the molecule is CCCC1OC(I)[C@H]2CC3C(C)N(CC4CC4)CCC3(c3c(C)ccc(O)c3OC)CC2O1. The highest BCUT2D eigenvalue weighted by atomic mass is 127. The first-order valence-corrected chi connectivity index (χ1v) is 14.2. The van der Waals surface area contributed by atoms with Crippen molar-refractivity contribution in [3.8, 4) is 11.5 Å². The summed E-state index contributed by atoms with van der Waals surface area (Å²) in [6.45, 7) is 9.15. The molecule has 4 fully saturated rings. The number of aromatic hydroxyl groups is 1. The lowest BCUT2D eigenvalue weighted by Gasteiger charge is -2.60. The molecule has 1 aromatic carbocycles. The quantitative estimate of drug-likeness (QED) is 0.348. The van der Waals surface area contributed by atoms with E-state index >= 15 is 0 Å². The molecule has 1 N–H and O–H groups in total. The van der Waals surface area contributed by atoms with Gasteiger partial charge in [-0.05, 0) is 82.4 Å². The zero-order valence-corrected chi connectivity index (χ0v) is 22.7. The molecule has 0 bridgehead atoms. The third-order valence-electron chi connectivity index (χ3n) is 8.99. The van der Waals surface area contributed by atoms with E-state index in [2.05, 4.69) is 54.3 Å². The molecule has 6 heteroatoms. The molecule has 2 aliphatic heterocycles. The normalized spacial score (nSPS) is 39.1. The number of nitrogens with zero attached hydrogens (tertiary/aromatic N) is 1. The Bertz CT molecular complexity index is 861. The summed E-state index contributed by atoms with van der Waals surface area (Å²) < 4.78 is 19.0. The molecule has 1 aromatic rings. The number of ether oxygens (including phenoxy) is 3. The second kappa shape index (κ2) is 9.47. The number of likely N-dealkylation sites (tertiary alicyclic amines) is 1. The maximum absolute atomic E-state index is 10.8. The minimum Gasteiger partial charge on any atom is -0.504 e. The second-order valence-electron chi connectivity index (χ2n) is 11.0. The van der Waals surface area contributed by atoms with Crippen molar-refractivity contribution >= 4 is 22.6 Å². The minimum atomic E-state index is -0.105. The Hall–Kier alpha value is -0.570. The number of aryl methyl sites for hydroxylation is 1. The summed E-state index contributed by atoms with van der Waals surface area (Å²) in [5.74, 6) is 2.70. The molecule has 184 valence electrons. The fourth-order valence-corrected chi connectivity index (χ4v) is 8.23. The van der Waals surface area contributed by atoms with E-state index in [-0.39, 0.29) is 27.7 Å².